The summed E-state index contributed by atoms with van der Waals surface area (Å²) in [5.74, 6) is -1.11. The van der Waals surface area contributed by atoms with Gasteiger partial charge in [0.2, 0.25) is 11.8 Å². The molecule has 0 aliphatic heterocycles. The summed E-state index contributed by atoms with van der Waals surface area (Å²) in [7, 11) is 0. The average molecular weight is 331 g/mol. The molecule has 8 heteroatoms. The van der Waals surface area contributed by atoms with Gasteiger partial charge < -0.3 is 15.7 Å². The molecule has 3 N–H and O–H groups in total. The van der Waals surface area contributed by atoms with Crippen LogP contribution in [0.4, 0.5) is 0 Å². The first-order chi connectivity index (χ1) is 9.97. The van der Waals surface area contributed by atoms with Gasteiger partial charge in [0.05, 0.1) is 12.3 Å². The van der Waals surface area contributed by atoms with Gasteiger partial charge in [0.25, 0.3) is 0 Å². The average Bonchev–Trinajstić information content (AvgIpc) is 2.43. The molecule has 21 heavy (non-hydrogen) atoms. The maximum Gasteiger partial charge on any atom is 0.322 e. The van der Waals surface area contributed by atoms with Crippen LogP contribution in [0.15, 0.2) is 24.3 Å². The molecule has 0 saturated carbocycles. The normalized spacial score (nSPS) is 9.95. The summed E-state index contributed by atoms with van der Waals surface area (Å²) in [5, 5.41) is 13.6. The Labute approximate surface area is 131 Å². The highest BCUT2D eigenvalue weighted by atomic mass is 35.5. The number of carbonyl (C=O) groups excluding carboxylic acids is 2. The molecule has 0 aliphatic rings. The van der Waals surface area contributed by atoms with E-state index in [-0.39, 0.29) is 18.2 Å². The first-order valence-electron chi connectivity index (χ1n) is 6.04. The minimum Gasteiger partial charge on any atom is -0.480 e. The third kappa shape index (κ3) is 8.21. The lowest BCUT2D eigenvalue weighted by atomic mass is 10.2. The quantitative estimate of drug-likeness (QED) is 0.658. The zero-order chi connectivity index (χ0) is 15.7. The summed E-state index contributed by atoms with van der Waals surface area (Å²) >= 11 is 7.24. The van der Waals surface area contributed by atoms with Crippen LogP contribution in [0.5, 0.6) is 0 Å². The number of aliphatic carboxylic acids is 1. The Bertz CT molecular complexity index is 525. The van der Waals surface area contributed by atoms with Crippen molar-refractivity contribution in [3.63, 3.8) is 0 Å². The van der Waals surface area contributed by atoms with Gasteiger partial charge in [-0.2, -0.15) is 0 Å². The van der Waals surface area contributed by atoms with Crippen molar-refractivity contribution >= 4 is 41.1 Å². The fourth-order valence-electron chi connectivity index (χ4n) is 1.35. The summed E-state index contributed by atoms with van der Waals surface area (Å²) in [4.78, 5) is 32.9. The Balaban J connectivity index is 2.16. The predicted octanol–water partition coefficient (Wildman–Crippen LogP) is 0.890. The minimum absolute atomic E-state index is 0.207. The summed E-state index contributed by atoms with van der Waals surface area (Å²) in [6, 6.07) is 7.35. The molecule has 0 fully saturated rings. The Morgan fingerprint density at radius 2 is 1.86 bits per heavy atom. The molecule has 1 aromatic rings. The number of thioether (sulfide) groups is 1. The van der Waals surface area contributed by atoms with E-state index in [4.69, 9.17) is 16.7 Å². The van der Waals surface area contributed by atoms with Crippen LogP contribution >= 0.6 is 23.4 Å². The van der Waals surface area contributed by atoms with Gasteiger partial charge in [-0.25, -0.2) is 0 Å². The lowest BCUT2D eigenvalue weighted by Crippen LogP contribution is -2.39. The third-order valence-electron chi connectivity index (χ3n) is 2.27. The summed E-state index contributed by atoms with van der Waals surface area (Å²) in [5.41, 5.74) is 1.01. The molecule has 0 aliphatic carbocycles. The molecule has 1 aromatic carbocycles. The van der Waals surface area contributed by atoms with E-state index in [0.717, 1.165) is 5.56 Å². The van der Waals surface area contributed by atoms with E-state index in [1.807, 2.05) is 18.2 Å². The largest absolute Gasteiger partial charge is 0.480 e. The maximum absolute atomic E-state index is 11.5. The molecule has 1 rings (SSSR count). The van der Waals surface area contributed by atoms with Gasteiger partial charge in [-0.05, 0) is 17.7 Å². The number of nitrogens with one attached hydrogen (secondary N) is 2. The van der Waals surface area contributed by atoms with Crippen molar-refractivity contribution in [3.8, 4) is 0 Å². The highest BCUT2D eigenvalue weighted by Gasteiger charge is 2.07. The summed E-state index contributed by atoms with van der Waals surface area (Å²) in [6.45, 7) is -0.692. The van der Waals surface area contributed by atoms with Crippen LogP contribution in [0.1, 0.15) is 5.56 Å². The second kappa shape index (κ2) is 9.25. The van der Waals surface area contributed by atoms with Crippen molar-refractivity contribution in [1.29, 1.82) is 0 Å². The number of hydrogen-bond donors (Lipinski definition) is 3. The first kappa shape index (κ1) is 17.3. The van der Waals surface area contributed by atoms with Crippen LogP contribution in [0.25, 0.3) is 0 Å². The molecular weight excluding hydrogens is 316 g/mol. The van der Waals surface area contributed by atoms with Crippen molar-refractivity contribution in [3.05, 3.63) is 34.9 Å². The standard InChI is InChI=1S/C13H15ClN2O4S/c14-10-3-1-2-9(4-10)7-21-8-12(18)15-5-11(17)16-6-13(19)20/h1-4H,5-8H2,(H,15,18)(H,16,17)(H,19,20). The highest BCUT2D eigenvalue weighted by molar-refractivity contribution is 7.99. The molecule has 0 aromatic heterocycles. The van der Waals surface area contributed by atoms with E-state index in [1.54, 1.807) is 6.07 Å². The third-order valence-corrected chi connectivity index (χ3v) is 3.51. The number of halogens is 1. The fourth-order valence-corrected chi connectivity index (χ4v) is 2.37. The van der Waals surface area contributed by atoms with E-state index in [1.165, 1.54) is 11.8 Å². The second-order valence-electron chi connectivity index (χ2n) is 4.07. The summed E-state index contributed by atoms with van der Waals surface area (Å²) in [6.07, 6.45) is 0. The Kier molecular flexibility index (Phi) is 7.63. The molecular formula is C13H15ClN2O4S. The molecule has 0 saturated heterocycles. The number of carbonyl (C=O) groups is 3. The van der Waals surface area contributed by atoms with Gasteiger partial charge in [0.15, 0.2) is 0 Å². The van der Waals surface area contributed by atoms with Gasteiger partial charge in [-0.1, -0.05) is 23.7 Å². The molecule has 0 bridgehead atoms. The molecule has 0 heterocycles. The van der Waals surface area contributed by atoms with E-state index < -0.39 is 18.4 Å². The van der Waals surface area contributed by atoms with Crippen LogP contribution in [-0.2, 0) is 20.1 Å². The van der Waals surface area contributed by atoms with E-state index in [0.29, 0.717) is 10.8 Å². The smallest absolute Gasteiger partial charge is 0.322 e. The lowest BCUT2D eigenvalue weighted by molar-refractivity contribution is -0.137. The van der Waals surface area contributed by atoms with Crippen LogP contribution in [0, 0.1) is 0 Å². The lowest BCUT2D eigenvalue weighted by Gasteiger charge is -2.05. The maximum atomic E-state index is 11.5. The Hall–Kier alpha value is -1.73. The monoisotopic (exact) mass is 330 g/mol. The van der Waals surface area contributed by atoms with Crippen molar-refractivity contribution < 1.29 is 19.5 Å². The molecule has 6 nitrogen and oxygen atoms in total. The second-order valence-corrected chi connectivity index (χ2v) is 5.49. The number of benzene rings is 1. The highest BCUT2D eigenvalue weighted by Crippen LogP contribution is 2.16. The van der Waals surface area contributed by atoms with E-state index in [2.05, 4.69) is 10.6 Å². The molecule has 0 unspecified atom stereocenters. The Morgan fingerprint density at radius 3 is 2.52 bits per heavy atom. The van der Waals surface area contributed by atoms with Crippen LogP contribution in [0.3, 0.4) is 0 Å². The first-order valence-corrected chi connectivity index (χ1v) is 7.58. The number of hydrogen-bond acceptors (Lipinski definition) is 4. The van der Waals surface area contributed by atoms with Crippen LogP contribution in [-0.4, -0.2) is 41.7 Å². The van der Waals surface area contributed by atoms with Gasteiger partial charge in [0, 0.05) is 10.8 Å². The fraction of sp³-hybridized carbons (Fsp3) is 0.308. The zero-order valence-corrected chi connectivity index (χ0v) is 12.7. The predicted molar refractivity (Wildman–Crippen MR) is 81.3 cm³/mol. The topological polar surface area (TPSA) is 95.5 Å². The number of carboxylic acid groups (broad SMARTS) is 1. The van der Waals surface area contributed by atoms with Crippen LogP contribution in [0.2, 0.25) is 5.02 Å². The van der Waals surface area contributed by atoms with Crippen molar-refractivity contribution in [2.45, 2.75) is 5.75 Å². The van der Waals surface area contributed by atoms with Crippen molar-refractivity contribution in [2.24, 2.45) is 0 Å². The molecule has 114 valence electrons. The zero-order valence-electron chi connectivity index (χ0n) is 11.1. The van der Waals surface area contributed by atoms with Gasteiger partial charge in [-0.15, -0.1) is 11.8 Å². The number of carboxylic acids is 1. The molecule has 0 radical (unpaired) electrons. The van der Waals surface area contributed by atoms with Crippen molar-refractivity contribution in [1.82, 2.24) is 10.6 Å². The van der Waals surface area contributed by atoms with Crippen molar-refractivity contribution in [2.75, 3.05) is 18.8 Å². The van der Waals surface area contributed by atoms with Gasteiger partial charge in [0.1, 0.15) is 6.54 Å². The van der Waals surface area contributed by atoms with E-state index >= 15 is 0 Å². The SMILES string of the molecule is O=C(O)CNC(=O)CNC(=O)CSCc1cccc(Cl)c1. The molecule has 0 spiro atoms. The number of amides is 2. The van der Waals surface area contributed by atoms with Crippen LogP contribution < -0.4 is 10.6 Å². The number of rotatable bonds is 8. The molecule has 0 atom stereocenters. The summed E-state index contributed by atoms with van der Waals surface area (Å²) < 4.78 is 0. The van der Waals surface area contributed by atoms with Gasteiger partial charge in [-0.3, -0.25) is 14.4 Å². The minimum atomic E-state index is -1.13. The Morgan fingerprint density at radius 1 is 1.14 bits per heavy atom. The van der Waals surface area contributed by atoms with E-state index in [9.17, 15) is 14.4 Å². The van der Waals surface area contributed by atoms with Gasteiger partial charge >= 0.3 is 5.97 Å². The molecule has 2 amide bonds.